The molecular formula is C13H15N3S. The van der Waals surface area contributed by atoms with Crippen LogP contribution in [0.3, 0.4) is 0 Å². The van der Waals surface area contributed by atoms with Gasteiger partial charge in [0.05, 0.1) is 0 Å². The van der Waals surface area contributed by atoms with Crippen molar-refractivity contribution >= 4 is 23.1 Å². The fourth-order valence-electron chi connectivity index (χ4n) is 1.56. The molecule has 88 valence electrons. The Kier molecular flexibility index (Phi) is 3.54. The van der Waals surface area contributed by atoms with E-state index in [0.717, 1.165) is 16.3 Å². The molecule has 0 spiro atoms. The van der Waals surface area contributed by atoms with Crippen LogP contribution in [0.5, 0.6) is 0 Å². The molecule has 1 aromatic carbocycles. The number of hydrogen-bond donors (Lipinski definition) is 2. The molecule has 0 aliphatic heterocycles. The van der Waals surface area contributed by atoms with Crippen LogP contribution < -0.4 is 11.5 Å². The number of aromatic nitrogens is 1. The maximum Gasteiger partial charge on any atom is 0.0492 e. The minimum Gasteiger partial charge on any atom is -0.399 e. The Balaban J connectivity index is 2.17. The van der Waals surface area contributed by atoms with Gasteiger partial charge in [0.1, 0.15) is 0 Å². The Morgan fingerprint density at radius 2 is 2.06 bits per heavy atom. The third-order valence-corrected chi connectivity index (χ3v) is 3.72. The van der Waals surface area contributed by atoms with Crippen molar-refractivity contribution in [2.75, 3.05) is 11.5 Å². The summed E-state index contributed by atoms with van der Waals surface area (Å²) in [7, 11) is 0. The van der Waals surface area contributed by atoms with Crippen LogP contribution >= 0.6 is 11.8 Å². The molecule has 0 aliphatic rings. The minimum atomic E-state index is 0.296. The second-order valence-electron chi connectivity index (χ2n) is 3.84. The van der Waals surface area contributed by atoms with Crippen molar-refractivity contribution in [1.82, 2.24) is 4.98 Å². The molecule has 2 rings (SSSR count). The minimum absolute atomic E-state index is 0.296. The molecule has 0 bridgehead atoms. The largest absolute Gasteiger partial charge is 0.399 e. The number of thioether (sulfide) groups is 1. The lowest BCUT2D eigenvalue weighted by molar-refractivity contribution is 1.09. The van der Waals surface area contributed by atoms with E-state index in [0.29, 0.717) is 5.25 Å². The first-order valence-electron chi connectivity index (χ1n) is 5.38. The van der Waals surface area contributed by atoms with Crippen molar-refractivity contribution in [1.29, 1.82) is 0 Å². The Morgan fingerprint density at radius 1 is 1.24 bits per heavy atom. The highest BCUT2D eigenvalue weighted by Crippen LogP contribution is 2.37. The van der Waals surface area contributed by atoms with Gasteiger partial charge in [-0.1, -0.05) is 12.1 Å². The lowest BCUT2D eigenvalue weighted by Crippen LogP contribution is -1.94. The van der Waals surface area contributed by atoms with Crippen LogP contribution in [0.15, 0.2) is 47.6 Å². The third-order valence-electron chi connectivity index (χ3n) is 2.50. The van der Waals surface area contributed by atoms with Crippen molar-refractivity contribution in [3.8, 4) is 0 Å². The Labute approximate surface area is 105 Å². The van der Waals surface area contributed by atoms with Gasteiger partial charge in [0, 0.05) is 33.9 Å². The van der Waals surface area contributed by atoms with Gasteiger partial charge in [-0.3, -0.25) is 4.98 Å². The number of anilines is 2. The van der Waals surface area contributed by atoms with Crippen LogP contribution in [0.25, 0.3) is 0 Å². The summed E-state index contributed by atoms with van der Waals surface area (Å²) in [6, 6.07) is 9.73. The number of nitrogens with zero attached hydrogens (tertiary/aromatic N) is 1. The second kappa shape index (κ2) is 5.10. The molecule has 1 aromatic heterocycles. The summed E-state index contributed by atoms with van der Waals surface area (Å²) in [6.45, 7) is 2.13. The second-order valence-corrected chi connectivity index (χ2v) is 5.23. The van der Waals surface area contributed by atoms with Gasteiger partial charge in [-0.15, -0.1) is 11.8 Å². The smallest absolute Gasteiger partial charge is 0.0492 e. The first-order valence-corrected chi connectivity index (χ1v) is 6.26. The van der Waals surface area contributed by atoms with Gasteiger partial charge in [-0.25, -0.2) is 0 Å². The van der Waals surface area contributed by atoms with E-state index in [1.807, 2.05) is 24.3 Å². The molecule has 4 heteroatoms. The molecule has 0 aliphatic carbocycles. The van der Waals surface area contributed by atoms with Gasteiger partial charge in [0.25, 0.3) is 0 Å². The molecule has 1 atom stereocenters. The maximum absolute atomic E-state index is 5.89. The van der Waals surface area contributed by atoms with Crippen LogP contribution in [0, 0.1) is 0 Å². The number of benzene rings is 1. The summed E-state index contributed by atoms with van der Waals surface area (Å²) in [4.78, 5) is 5.09. The molecule has 0 amide bonds. The molecule has 4 N–H and O–H groups in total. The van der Waals surface area contributed by atoms with Gasteiger partial charge in [0.15, 0.2) is 0 Å². The number of nitrogen functional groups attached to an aromatic ring is 2. The molecular weight excluding hydrogens is 230 g/mol. The zero-order valence-electron chi connectivity index (χ0n) is 9.63. The standard InChI is InChI=1S/C13H15N3S/c1-9(10-3-2-4-11(14)7-10)17-13-8-16-6-5-12(13)15/h2-9H,14H2,1H3,(H2,15,16). The molecule has 1 heterocycles. The quantitative estimate of drug-likeness (QED) is 0.644. The highest BCUT2D eigenvalue weighted by Gasteiger charge is 2.09. The summed E-state index contributed by atoms with van der Waals surface area (Å²) in [5, 5.41) is 0.296. The van der Waals surface area contributed by atoms with E-state index < -0.39 is 0 Å². The van der Waals surface area contributed by atoms with Crippen molar-refractivity contribution in [3.05, 3.63) is 48.3 Å². The van der Waals surface area contributed by atoms with E-state index >= 15 is 0 Å². The zero-order valence-corrected chi connectivity index (χ0v) is 10.4. The van der Waals surface area contributed by atoms with E-state index in [9.17, 15) is 0 Å². The van der Waals surface area contributed by atoms with E-state index in [1.165, 1.54) is 5.56 Å². The monoisotopic (exact) mass is 245 g/mol. The van der Waals surface area contributed by atoms with Gasteiger partial charge < -0.3 is 11.5 Å². The highest BCUT2D eigenvalue weighted by molar-refractivity contribution is 7.99. The molecule has 3 nitrogen and oxygen atoms in total. The van der Waals surface area contributed by atoms with Crippen molar-refractivity contribution < 1.29 is 0 Å². The highest BCUT2D eigenvalue weighted by atomic mass is 32.2. The van der Waals surface area contributed by atoms with Gasteiger partial charge in [0.2, 0.25) is 0 Å². The van der Waals surface area contributed by atoms with Crippen LogP contribution in [0.1, 0.15) is 17.7 Å². The molecule has 1 unspecified atom stereocenters. The van der Waals surface area contributed by atoms with E-state index in [1.54, 1.807) is 24.2 Å². The summed E-state index contributed by atoms with van der Waals surface area (Å²) in [5.74, 6) is 0. The fraction of sp³-hybridized carbons (Fsp3) is 0.154. The lowest BCUT2D eigenvalue weighted by Gasteiger charge is -2.13. The predicted octanol–water partition coefficient (Wildman–Crippen LogP) is 3.10. The average Bonchev–Trinajstić information content (AvgIpc) is 2.32. The van der Waals surface area contributed by atoms with Gasteiger partial charge in [-0.2, -0.15) is 0 Å². The first kappa shape index (κ1) is 11.8. The lowest BCUT2D eigenvalue weighted by atomic mass is 10.1. The molecule has 2 aromatic rings. The summed E-state index contributed by atoms with van der Waals surface area (Å²) in [6.07, 6.45) is 3.49. The molecule has 0 radical (unpaired) electrons. The fourth-order valence-corrected chi connectivity index (χ4v) is 2.55. The van der Waals surface area contributed by atoms with Crippen molar-refractivity contribution in [3.63, 3.8) is 0 Å². The van der Waals surface area contributed by atoms with Crippen LogP contribution in [-0.4, -0.2) is 4.98 Å². The average molecular weight is 245 g/mol. The molecule has 0 saturated carbocycles. The number of pyridine rings is 1. The first-order chi connectivity index (χ1) is 8.16. The van der Waals surface area contributed by atoms with Gasteiger partial charge in [-0.05, 0) is 30.7 Å². The van der Waals surface area contributed by atoms with Crippen molar-refractivity contribution in [2.24, 2.45) is 0 Å². The molecule has 0 fully saturated rings. The Bertz CT molecular complexity index is 514. The normalized spacial score (nSPS) is 12.3. The summed E-state index contributed by atoms with van der Waals surface area (Å²) >= 11 is 1.69. The van der Waals surface area contributed by atoms with E-state index in [2.05, 4.69) is 18.0 Å². The number of nitrogens with two attached hydrogens (primary N) is 2. The Morgan fingerprint density at radius 3 is 2.76 bits per heavy atom. The molecule has 17 heavy (non-hydrogen) atoms. The third kappa shape index (κ3) is 2.91. The maximum atomic E-state index is 5.89. The van der Waals surface area contributed by atoms with Crippen LogP contribution in [-0.2, 0) is 0 Å². The van der Waals surface area contributed by atoms with E-state index in [-0.39, 0.29) is 0 Å². The SMILES string of the molecule is CC(Sc1cnccc1N)c1cccc(N)c1. The number of rotatable bonds is 3. The van der Waals surface area contributed by atoms with Crippen LogP contribution in [0.4, 0.5) is 11.4 Å². The predicted molar refractivity (Wildman–Crippen MR) is 73.8 cm³/mol. The summed E-state index contributed by atoms with van der Waals surface area (Å²) < 4.78 is 0. The molecule has 0 saturated heterocycles. The van der Waals surface area contributed by atoms with Crippen LogP contribution in [0.2, 0.25) is 0 Å². The topological polar surface area (TPSA) is 64.9 Å². The van der Waals surface area contributed by atoms with E-state index in [4.69, 9.17) is 11.5 Å². The van der Waals surface area contributed by atoms with Gasteiger partial charge >= 0.3 is 0 Å². The Hall–Kier alpha value is -1.68. The summed E-state index contributed by atoms with van der Waals surface area (Å²) in [5.41, 5.74) is 14.4. The van der Waals surface area contributed by atoms with Crippen molar-refractivity contribution in [2.45, 2.75) is 17.1 Å². The number of hydrogen-bond acceptors (Lipinski definition) is 4. The zero-order chi connectivity index (χ0) is 12.3.